The second-order valence-electron chi connectivity index (χ2n) is 6.45. The molecule has 2 aromatic rings. The third kappa shape index (κ3) is 2.62. The van der Waals surface area contributed by atoms with E-state index in [1.165, 1.54) is 19.3 Å². The first-order valence-corrected chi connectivity index (χ1v) is 7.82. The van der Waals surface area contributed by atoms with E-state index in [9.17, 15) is 4.79 Å². The number of aromatic amines is 1. The zero-order chi connectivity index (χ0) is 15.0. The van der Waals surface area contributed by atoms with Crippen LogP contribution in [0.3, 0.4) is 0 Å². The van der Waals surface area contributed by atoms with Gasteiger partial charge < -0.3 is 4.90 Å². The highest BCUT2D eigenvalue weighted by atomic mass is 16.1. The highest BCUT2D eigenvalue weighted by Gasteiger charge is 2.23. The van der Waals surface area contributed by atoms with Crippen molar-refractivity contribution in [2.45, 2.75) is 51.5 Å². The summed E-state index contributed by atoms with van der Waals surface area (Å²) in [6.07, 6.45) is 7.88. The van der Waals surface area contributed by atoms with Gasteiger partial charge in [0.15, 0.2) is 5.65 Å². The highest BCUT2D eigenvalue weighted by Crippen LogP contribution is 2.32. The molecule has 21 heavy (non-hydrogen) atoms. The number of hydrogen-bond acceptors (Lipinski definition) is 3. The Bertz CT molecular complexity index is 692. The molecule has 1 N–H and O–H groups in total. The van der Waals surface area contributed by atoms with Gasteiger partial charge in [-0.1, -0.05) is 19.3 Å². The van der Waals surface area contributed by atoms with Gasteiger partial charge in [0.2, 0.25) is 0 Å². The fourth-order valence-corrected chi connectivity index (χ4v) is 3.50. The van der Waals surface area contributed by atoms with Crippen LogP contribution in [0, 0.1) is 6.92 Å². The van der Waals surface area contributed by atoms with Gasteiger partial charge in [-0.3, -0.25) is 9.89 Å². The lowest BCUT2D eigenvalue weighted by Crippen LogP contribution is -2.25. The topological polar surface area (TPSA) is 53.4 Å². The zero-order valence-corrected chi connectivity index (χ0v) is 13.1. The van der Waals surface area contributed by atoms with Crippen LogP contribution in [-0.4, -0.2) is 33.6 Å². The quantitative estimate of drug-likeness (QED) is 0.944. The number of H-pyrrole nitrogens is 1. The molecule has 5 nitrogen and oxygen atoms in total. The molecule has 1 fully saturated rings. The van der Waals surface area contributed by atoms with Crippen molar-refractivity contribution in [1.29, 1.82) is 0 Å². The van der Waals surface area contributed by atoms with Crippen molar-refractivity contribution in [3.8, 4) is 0 Å². The van der Waals surface area contributed by atoms with Gasteiger partial charge in [0.25, 0.3) is 5.56 Å². The predicted octanol–water partition coefficient (Wildman–Crippen LogP) is 2.44. The van der Waals surface area contributed by atoms with E-state index in [4.69, 9.17) is 4.98 Å². The first-order valence-electron chi connectivity index (χ1n) is 7.82. The molecule has 0 aliphatic heterocycles. The molecule has 0 atom stereocenters. The summed E-state index contributed by atoms with van der Waals surface area (Å²) in [4.78, 5) is 19.6. The summed E-state index contributed by atoms with van der Waals surface area (Å²) in [5, 5.41) is 3.08. The second kappa shape index (κ2) is 5.64. The van der Waals surface area contributed by atoms with E-state index in [2.05, 4.69) is 10.00 Å². The lowest BCUT2D eigenvalue weighted by Gasteiger charge is -2.22. The van der Waals surface area contributed by atoms with Crippen molar-refractivity contribution < 1.29 is 0 Å². The summed E-state index contributed by atoms with van der Waals surface area (Å²) in [5.74, 6) is 0.385. The van der Waals surface area contributed by atoms with Crippen LogP contribution < -0.4 is 5.56 Å². The average molecular weight is 288 g/mol. The van der Waals surface area contributed by atoms with Gasteiger partial charge in [0.1, 0.15) is 0 Å². The summed E-state index contributed by atoms with van der Waals surface area (Å²) < 4.78 is 1.62. The molecule has 0 aromatic carbocycles. The van der Waals surface area contributed by atoms with E-state index < -0.39 is 0 Å². The van der Waals surface area contributed by atoms with Crippen LogP contribution in [0.25, 0.3) is 5.65 Å². The van der Waals surface area contributed by atoms with E-state index in [1.54, 1.807) is 4.52 Å². The lowest BCUT2D eigenvalue weighted by atomic mass is 9.84. The molecule has 1 saturated carbocycles. The summed E-state index contributed by atoms with van der Waals surface area (Å²) in [6.45, 7) is 2.76. The van der Waals surface area contributed by atoms with Gasteiger partial charge in [0, 0.05) is 29.6 Å². The van der Waals surface area contributed by atoms with E-state index in [1.807, 2.05) is 27.2 Å². The van der Waals surface area contributed by atoms with Gasteiger partial charge >= 0.3 is 0 Å². The molecule has 0 saturated heterocycles. The number of nitrogens with zero attached hydrogens (tertiary/aromatic N) is 3. The van der Waals surface area contributed by atoms with Crippen LogP contribution in [0.2, 0.25) is 0 Å². The van der Waals surface area contributed by atoms with Crippen molar-refractivity contribution in [3.63, 3.8) is 0 Å². The van der Waals surface area contributed by atoms with E-state index in [0.29, 0.717) is 5.92 Å². The fourth-order valence-electron chi connectivity index (χ4n) is 3.50. The number of nitrogens with one attached hydrogen (secondary N) is 1. The van der Waals surface area contributed by atoms with E-state index >= 15 is 0 Å². The van der Waals surface area contributed by atoms with Crippen molar-refractivity contribution in [1.82, 2.24) is 19.5 Å². The van der Waals surface area contributed by atoms with Gasteiger partial charge in [-0.2, -0.15) is 0 Å². The average Bonchev–Trinajstić information content (AvgIpc) is 2.82. The monoisotopic (exact) mass is 288 g/mol. The van der Waals surface area contributed by atoms with Crippen molar-refractivity contribution in [2.75, 3.05) is 14.1 Å². The predicted molar refractivity (Wildman–Crippen MR) is 83.8 cm³/mol. The molecular weight excluding hydrogens is 264 g/mol. The molecule has 2 heterocycles. The van der Waals surface area contributed by atoms with Crippen molar-refractivity contribution >= 4 is 5.65 Å². The first-order chi connectivity index (χ1) is 10.1. The van der Waals surface area contributed by atoms with Crippen LogP contribution in [-0.2, 0) is 6.54 Å². The standard InChI is InChI=1S/C16H24N4O/c1-11-14(12-7-5-4-6-8-12)16(21)20-15(18-11)13(9-17-20)10-19(2)3/h9,12,17H,4-8,10H2,1-3H3. The highest BCUT2D eigenvalue weighted by molar-refractivity contribution is 5.48. The van der Waals surface area contributed by atoms with Crippen molar-refractivity contribution in [2.24, 2.45) is 0 Å². The maximum Gasteiger partial charge on any atom is 0.276 e. The van der Waals surface area contributed by atoms with Gasteiger partial charge in [-0.15, -0.1) is 0 Å². The van der Waals surface area contributed by atoms with E-state index in [-0.39, 0.29) is 5.56 Å². The molecule has 0 radical (unpaired) electrons. The number of aromatic nitrogens is 3. The van der Waals surface area contributed by atoms with E-state index in [0.717, 1.165) is 41.9 Å². The fraction of sp³-hybridized carbons (Fsp3) is 0.625. The number of fused-ring (bicyclic) bond motifs is 1. The molecule has 2 aromatic heterocycles. The summed E-state index contributed by atoms with van der Waals surface area (Å²) in [6, 6.07) is 0. The van der Waals surface area contributed by atoms with Gasteiger partial charge in [-0.05, 0) is 39.8 Å². The first kappa shape index (κ1) is 14.3. The van der Waals surface area contributed by atoms with Gasteiger partial charge in [0.05, 0.1) is 0 Å². The van der Waals surface area contributed by atoms with Crippen LogP contribution in [0.15, 0.2) is 11.0 Å². The Morgan fingerprint density at radius 2 is 2.05 bits per heavy atom. The molecule has 3 rings (SSSR count). The number of hydrogen-bond donors (Lipinski definition) is 1. The van der Waals surface area contributed by atoms with Crippen molar-refractivity contribution in [3.05, 3.63) is 33.4 Å². The minimum absolute atomic E-state index is 0.0920. The molecule has 0 bridgehead atoms. The smallest absolute Gasteiger partial charge is 0.276 e. The zero-order valence-electron chi connectivity index (χ0n) is 13.1. The largest absolute Gasteiger partial charge is 0.305 e. The maximum atomic E-state index is 12.8. The Morgan fingerprint density at radius 1 is 1.33 bits per heavy atom. The Morgan fingerprint density at radius 3 is 2.71 bits per heavy atom. The Kier molecular flexibility index (Phi) is 3.85. The molecule has 0 amide bonds. The second-order valence-corrected chi connectivity index (χ2v) is 6.45. The number of aryl methyl sites for hydroxylation is 1. The van der Waals surface area contributed by atoms with Crippen LogP contribution in [0.5, 0.6) is 0 Å². The number of rotatable bonds is 3. The molecule has 0 spiro atoms. The summed E-state index contributed by atoms with van der Waals surface area (Å²) >= 11 is 0. The summed E-state index contributed by atoms with van der Waals surface area (Å²) in [7, 11) is 4.04. The van der Waals surface area contributed by atoms with Crippen LogP contribution >= 0.6 is 0 Å². The Hall–Kier alpha value is -1.62. The lowest BCUT2D eigenvalue weighted by molar-refractivity contribution is 0.403. The minimum Gasteiger partial charge on any atom is -0.305 e. The minimum atomic E-state index is 0.0920. The SMILES string of the molecule is Cc1nc2c(CN(C)C)c[nH]n2c(=O)c1C1CCCCC1. The third-order valence-corrected chi connectivity index (χ3v) is 4.46. The molecule has 1 aliphatic rings. The maximum absolute atomic E-state index is 12.8. The van der Waals surface area contributed by atoms with Crippen LogP contribution in [0.4, 0.5) is 0 Å². The normalized spacial score (nSPS) is 17.0. The molecule has 0 unspecified atom stereocenters. The van der Waals surface area contributed by atoms with Gasteiger partial charge in [-0.25, -0.2) is 9.50 Å². The molecular formula is C16H24N4O. The Labute approximate surface area is 125 Å². The van der Waals surface area contributed by atoms with Crippen LogP contribution in [0.1, 0.15) is 54.8 Å². The molecule has 1 aliphatic carbocycles. The molecule has 114 valence electrons. The molecule has 5 heteroatoms. The summed E-state index contributed by atoms with van der Waals surface area (Å²) in [5.41, 5.74) is 3.76. The third-order valence-electron chi connectivity index (χ3n) is 4.46. The Balaban J connectivity index is 2.09.